The van der Waals surface area contributed by atoms with Crippen molar-refractivity contribution in [2.45, 2.75) is 26.4 Å². The second-order valence-corrected chi connectivity index (χ2v) is 4.46. The summed E-state index contributed by atoms with van der Waals surface area (Å²) in [5, 5.41) is 0. The zero-order valence-electron chi connectivity index (χ0n) is 11.4. The molecule has 0 N–H and O–H groups in total. The van der Waals surface area contributed by atoms with E-state index < -0.39 is 0 Å². The molecule has 0 aliphatic heterocycles. The van der Waals surface area contributed by atoms with E-state index in [0.29, 0.717) is 5.90 Å². The molecule has 2 nitrogen and oxygen atoms in total. The van der Waals surface area contributed by atoms with E-state index in [1.165, 1.54) is 0 Å². The number of para-hydroxylation sites is 1. The van der Waals surface area contributed by atoms with E-state index in [2.05, 4.69) is 18.8 Å². The third-order valence-electron chi connectivity index (χ3n) is 2.90. The Morgan fingerprint density at radius 3 is 2.16 bits per heavy atom. The van der Waals surface area contributed by atoms with Crippen molar-refractivity contribution in [1.29, 1.82) is 0 Å². The highest BCUT2D eigenvalue weighted by atomic mass is 16.5. The van der Waals surface area contributed by atoms with Crippen LogP contribution in [0.3, 0.4) is 0 Å². The van der Waals surface area contributed by atoms with Crippen molar-refractivity contribution in [3.05, 3.63) is 66.2 Å². The predicted octanol–water partition coefficient (Wildman–Crippen LogP) is 4.58. The van der Waals surface area contributed by atoms with Gasteiger partial charge < -0.3 is 4.74 Å². The first kappa shape index (κ1) is 13.3. The minimum absolute atomic E-state index is 0.155. The second kappa shape index (κ2) is 6.74. The van der Waals surface area contributed by atoms with E-state index in [4.69, 9.17) is 4.74 Å². The summed E-state index contributed by atoms with van der Waals surface area (Å²) >= 11 is 0. The molecule has 0 fully saturated rings. The molecule has 0 saturated heterocycles. The van der Waals surface area contributed by atoms with Crippen molar-refractivity contribution in [1.82, 2.24) is 0 Å². The summed E-state index contributed by atoms with van der Waals surface area (Å²) in [7, 11) is 0. The lowest BCUT2D eigenvalue weighted by molar-refractivity contribution is 0.205. The van der Waals surface area contributed by atoms with E-state index in [9.17, 15) is 0 Å². The number of aliphatic imine (C=N–C) groups is 1. The Morgan fingerprint density at radius 1 is 1.00 bits per heavy atom. The minimum atomic E-state index is 0.155. The zero-order chi connectivity index (χ0) is 13.5. The highest BCUT2D eigenvalue weighted by molar-refractivity contribution is 5.95. The summed E-state index contributed by atoms with van der Waals surface area (Å²) in [6.07, 6.45) is 1.11. The molecule has 0 bridgehead atoms. The normalized spacial score (nSPS) is 13.1. The number of hydrogen-bond donors (Lipinski definition) is 0. The van der Waals surface area contributed by atoms with Crippen molar-refractivity contribution in [2.24, 2.45) is 4.99 Å². The van der Waals surface area contributed by atoms with Crippen LogP contribution in [0.15, 0.2) is 65.7 Å². The number of benzene rings is 2. The molecule has 0 aliphatic carbocycles. The van der Waals surface area contributed by atoms with Crippen molar-refractivity contribution >= 4 is 11.6 Å². The van der Waals surface area contributed by atoms with E-state index in [1.54, 1.807) is 0 Å². The first-order valence-electron chi connectivity index (χ1n) is 6.65. The largest absolute Gasteiger partial charge is 0.474 e. The van der Waals surface area contributed by atoms with Gasteiger partial charge in [-0.25, -0.2) is 4.99 Å². The molecule has 2 heteroatoms. The third-order valence-corrected chi connectivity index (χ3v) is 2.90. The van der Waals surface area contributed by atoms with E-state index in [1.807, 2.05) is 60.7 Å². The average Bonchev–Trinajstić information content (AvgIpc) is 2.48. The maximum Gasteiger partial charge on any atom is 0.221 e. The summed E-state index contributed by atoms with van der Waals surface area (Å²) in [5.41, 5.74) is 1.91. The molecule has 0 radical (unpaired) electrons. The average molecular weight is 253 g/mol. The lowest BCUT2D eigenvalue weighted by Gasteiger charge is -2.15. The minimum Gasteiger partial charge on any atom is -0.474 e. The molecule has 0 unspecified atom stereocenters. The van der Waals surface area contributed by atoms with Crippen LogP contribution in [0.25, 0.3) is 0 Å². The van der Waals surface area contributed by atoms with Crippen LogP contribution in [0.1, 0.15) is 25.8 Å². The summed E-state index contributed by atoms with van der Waals surface area (Å²) in [6.45, 7) is 4.17. The van der Waals surface area contributed by atoms with Gasteiger partial charge in [0.1, 0.15) is 0 Å². The molecule has 0 spiro atoms. The molecule has 19 heavy (non-hydrogen) atoms. The lowest BCUT2D eigenvalue weighted by atomic mass is 10.2. The van der Waals surface area contributed by atoms with Crippen LogP contribution in [0.5, 0.6) is 0 Å². The van der Waals surface area contributed by atoms with Gasteiger partial charge in [0.2, 0.25) is 5.90 Å². The first-order chi connectivity index (χ1) is 9.29. The second-order valence-electron chi connectivity index (χ2n) is 4.46. The molecule has 98 valence electrons. The van der Waals surface area contributed by atoms with Gasteiger partial charge in [0, 0.05) is 5.56 Å². The standard InChI is InChI=1S/C17H19NO/c1-3-14(2)19-17(15-10-6-4-7-11-15)18-16-12-8-5-9-13-16/h4-14H,3H2,1-2H3/t14-/m1/s1. The fourth-order valence-electron chi connectivity index (χ4n) is 1.63. The number of ether oxygens (including phenoxy) is 1. The topological polar surface area (TPSA) is 21.6 Å². The van der Waals surface area contributed by atoms with Gasteiger partial charge in [-0.2, -0.15) is 0 Å². The third kappa shape index (κ3) is 3.95. The summed E-state index contributed by atoms with van der Waals surface area (Å²) in [6, 6.07) is 19.9. The molecule has 0 heterocycles. The SMILES string of the molecule is CC[C@@H](C)OC(=Nc1ccccc1)c1ccccc1. The maximum absolute atomic E-state index is 5.94. The molecule has 2 aromatic rings. The van der Waals surface area contributed by atoms with Crippen molar-refractivity contribution in [3.8, 4) is 0 Å². The molecule has 0 amide bonds. The summed E-state index contributed by atoms with van der Waals surface area (Å²) < 4.78 is 5.94. The monoisotopic (exact) mass is 253 g/mol. The number of rotatable bonds is 4. The molecule has 2 rings (SSSR count). The van der Waals surface area contributed by atoms with Crippen LogP contribution in [0.2, 0.25) is 0 Å². The molecule has 0 aromatic heterocycles. The van der Waals surface area contributed by atoms with Crippen LogP contribution in [0.4, 0.5) is 5.69 Å². The maximum atomic E-state index is 5.94. The van der Waals surface area contributed by atoms with Gasteiger partial charge >= 0.3 is 0 Å². The van der Waals surface area contributed by atoms with Gasteiger partial charge in [0.15, 0.2) is 0 Å². The first-order valence-corrected chi connectivity index (χ1v) is 6.65. The van der Waals surface area contributed by atoms with Crippen LogP contribution in [-0.2, 0) is 4.74 Å². The van der Waals surface area contributed by atoms with Gasteiger partial charge in [-0.15, -0.1) is 0 Å². The molecule has 2 aromatic carbocycles. The van der Waals surface area contributed by atoms with Crippen LogP contribution in [-0.4, -0.2) is 12.0 Å². The highest BCUT2D eigenvalue weighted by Crippen LogP contribution is 2.15. The van der Waals surface area contributed by atoms with Gasteiger partial charge in [-0.05, 0) is 37.6 Å². The zero-order valence-corrected chi connectivity index (χ0v) is 11.4. The Balaban J connectivity index is 2.32. The van der Waals surface area contributed by atoms with E-state index >= 15 is 0 Å². The van der Waals surface area contributed by atoms with Crippen LogP contribution < -0.4 is 0 Å². The van der Waals surface area contributed by atoms with Gasteiger partial charge in [0.25, 0.3) is 0 Å². The van der Waals surface area contributed by atoms with Gasteiger partial charge in [-0.3, -0.25) is 0 Å². The van der Waals surface area contributed by atoms with Gasteiger partial charge in [-0.1, -0.05) is 43.3 Å². The Labute approximate surface area is 114 Å². The molecule has 0 saturated carbocycles. The summed E-state index contributed by atoms with van der Waals surface area (Å²) in [4.78, 5) is 4.61. The summed E-state index contributed by atoms with van der Waals surface area (Å²) in [5.74, 6) is 0.682. The smallest absolute Gasteiger partial charge is 0.221 e. The fraction of sp³-hybridized carbons (Fsp3) is 0.235. The Bertz CT molecular complexity index is 519. The molecular weight excluding hydrogens is 234 g/mol. The number of hydrogen-bond acceptors (Lipinski definition) is 2. The van der Waals surface area contributed by atoms with Gasteiger partial charge in [0.05, 0.1) is 11.8 Å². The fourth-order valence-corrected chi connectivity index (χ4v) is 1.63. The lowest BCUT2D eigenvalue weighted by Crippen LogP contribution is -2.14. The van der Waals surface area contributed by atoms with E-state index in [0.717, 1.165) is 17.7 Å². The van der Waals surface area contributed by atoms with Crippen molar-refractivity contribution in [2.75, 3.05) is 0 Å². The van der Waals surface area contributed by atoms with Crippen LogP contribution in [0, 0.1) is 0 Å². The Kier molecular flexibility index (Phi) is 4.73. The van der Waals surface area contributed by atoms with E-state index in [-0.39, 0.29) is 6.10 Å². The molecule has 1 atom stereocenters. The quantitative estimate of drug-likeness (QED) is 0.577. The Hall–Kier alpha value is -2.09. The Morgan fingerprint density at radius 2 is 1.58 bits per heavy atom. The molecule has 0 aliphatic rings. The van der Waals surface area contributed by atoms with Crippen LogP contribution >= 0.6 is 0 Å². The number of nitrogens with zero attached hydrogens (tertiary/aromatic N) is 1. The molecular formula is C17H19NO. The van der Waals surface area contributed by atoms with Crippen molar-refractivity contribution in [3.63, 3.8) is 0 Å². The van der Waals surface area contributed by atoms with Crippen molar-refractivity contribution < 1.29 is 4.74 Å². The highest BCUT2D eigenvalue weighted by Gasteiger charge is 2.08. The predicted molar refractivity (Wildman–Crippen MR) is 79.9 cm³/mol.